The van der Waals surface area contributed by atoms with Crippen LogP contribution in [0.25, 0.3) is 0 Å². The van der Waals surface area contributed by atoms with Crippen molar-refractivity contribution in [3.63, 3.8) is 0 Å². The molecule has 0 heterocycles. The number of halogens is 2. The number of hydrogen-bond donors (Lipinski definition) is 1. The summed E-state index contributed by atoms with van der Waals surface area (Å²) in [6.07, 6.45) is 0. The molecule has 0 radical (unpaired) electrons. The predicted molar refractivity (Wildman–Crippen MR) is 98.9 cm³/mol. The van der Waals surface area contributed by atoms with E-state index in [2.05, 4.69) is 18.2 Å². The monoisotopic (exact) mass is 378 g/mol. The summed E-state index contributed by atoms with van der Waals surface area (Å²) in [6, 6.07) is 20.1. The molecule has 0 bridgehead atoms. The second kappa shape index (κ2) is 6.74. The molecule has 2 aromatic rings. The van der Waals surface area contributed by atoms with Crippen molar-refractivity contribution in [3.05, 3.63) is 81.0 Å². The van der Waals surface area contributed by atoms with Gasteiger partial charge in [-0.05, 0) is 35.4 Å². The fourth-order valence-electron chi connectivity index (χ4n) is 3.52. The van der Waals surface area contributed by atoms with Gasteiger partial charge < -0.3 is 5.73 Å². The summed E-state index contributed by atoms with van der Waals surface area (Å²) in [7, 11) is 0. The van der Waals surface area contributed by atoms with Crippen LogP contribution in [0.5, 0.6) is 0 Å². The summed E-state index contributed by atoms with van der Waals surface area (Å²) in [4.78, 5) is 0. The molecule has 126 valence electrons. The Balaban J connectivity index is 2.29. The molecule has 3 rings (SSSR count). The van der Waals surface area contributed by atoms with E-state index in [0.29, 0.717) is 15.6 Å². The molecule has 0 fully saturated rings. The smallest absolute Gasteiger partial charge is 0.191 e. The van der Waals surface area contributed by atoms with Crippen molar-refractivity contribution in [1.29, 1.82) is 15.8 Å². The van der Waals surface area contributed by atoms with Crippen molar-refractivity contribution in [2.24, 2.45) is 11.1 Å². The lowest BCUT2D eigenvalue weighted by atomic mass is 9.70. The van der Waals surface area contributed by atoms with Crippen LogP contribution in [-0.4, -0.2) is 0 Å². The average molecular weight is 379 g/mol. The molecule has 4 nitrogen and oxygen atoms in total. The molecule has 6 heteroatoms. The number of nitrogens with zero attached hydrogens (tertiary/aromatic N) is 3. The molecule has 0 saturated heterocycles. The molecule has 0 unspecified atom stereocenters. The van der Waals surface area contributed by atoms with Gasteiger partial charge in [-0.15, -0.1) is 0 Å². The van der Waals surface area contributed by atoms with Gasteiger partial charge >= 0.3 is 0 Å². The average Bonchev–Trinajstić information content (AvgIpc) is 2.91. The van der Waals surface area contributed by atoms with Crippen LogP contribution in [0, 0.1) is 39.4 Å². The Kier molecular flexibility index (Phi) is 4.62. The summed E-state index contributed by atoms with van der Waals surface area (Å²) in [5, 5.41) is 30.5. The highest BCUT2D eigenvalue weighted by molar-refractivity contribution is 6.30. The molecule has 0 spiro atoms. The van der Waals surface area contributed by atoms with Crippen LogP contribution < -0.4 is 5.73 Å². The lowest BCUT2D eigenvalue weighted by Gasteiger charge is -2.28. The van der Waals surface area contributed by atoms with Crippen molar-refractivity contribution >= 4 is 23.2 Å². The maximum atomic E-state index is 9.85. The lowest BCUT2D eigenvalue weighted by Crippen LogP contribution is -2.29. The number of nitriles is 3. The van der Waals surface area contributed by atoms with Gasteiger partial charge in [0.05, 0.1) is 29.5 Å². The minimum absolute atomic E-state index is 0.00454. The topological polar surface area (TPSA) is 97.4 Å². The van der Waals surface area contributed by atoms with Gasteiger partial charge in [0.2, 0.25) is 0 Å². The summed E-state index contributed by atoms with van der Waals surface area (Å²) >= 11 is 12.0. The van der Waals surface area contributed by atoms with E-state index in [1.807, 2.05) is 0 Å². The first-order valence-electron chi connectivity index (χ1n) is 7.72. The third-order valence-electron chi connectivity index (χ3n) is 4.76. The Morgan fingerprint density at radius 2 is 1.27 bits per heavy atom. The van der Waals surface area contributed by atoms with Crippen LogP contribution in [0.3, 0.4) is 0 Å². The summed E-state index contributed by atoms with van der Waals surface area (Å²) in [6.45, 7) is 0. The van der Waals surface area contributed by atoms with Gasteiger partial charge in [-0.2, -0.15) is 15.8 Å². The first-order chi connectivity index (χ1) is 12.5. The van der Waals surface area contributed by atoms with E-state index >= 15 is 0 Å². The molecule has 0 saturated carbocycles. The number of nitrogens with two attached hydrogens (primary N) is 1. The minimum Gasteiger partial charge on any atom is -0.399 e. The van der Waals surface area contributed by atoms with Crippen LogP contribution >= 0.6 is 23.2 Å². The van der Waals surface area contributed by atoms with Gasteiger partial charge in [0.25, 0.3) is 0 Å². The largest absolute Gasteiger partial charge is 0.399 e. The number of hydrogen-bond acceptors (Lipinski definition) is 4. The van der Waals surface area contributed by atoms with Crippen LogP contribution in [0.2, 0.25) is 10.0 Å². The van der Waals surface area contributed by atoms with Gasteiger partial charge in [0.1, 0.15) is 0 Å². The maximum absolute atomic E-state index is 9.85. The number of benzene rings is 2. The van der Waals surface area contributed by atoms with Gasteiger partial charge in [0, 0.05) is 21.9 Å². The summed E-state index contributed by atoms with van der Waals surface area (Å²) < 4.78 is 0. The van der Waals surface area contributed by atoms with Gasteiger partial charge in [-0.25, -0.2) is 0 Å². The molecule has 2 N–H and O–H groups in total. The van der Waals surface area contributed by atoms with E-state index in [-0.39, 0.29) is 11.3 Å². The van der Waals surface area contributed by atoms with Crippen molar-refractivity contribution in [1.82, 2.24) is 0 Å². The SMILES string of the molecule is N#CC1=C(N)C(C#N)(C#N)[C@@H](c2ccc(Cl)cc2)[C@@H]1c1ccc(Cl)cc1. The summed E-state index contributed by atoms with van der Waals surface area (Å²) in [5.41, 5.74) is 6.24. The Labute approximate surface area is 161 Å². The van der Waals surface area contributed by atoms with Crippen LogP contribution in [0.4, 0.5) is 0 Å². The highest BCUT2D eigenvalue weighted by Crippen LogP contribution is 2.57. The molecular formula is C20H12Cl2N4. The highest BCUT2D eigenvalue weighted by Gasteiger charge is 2.55. The Hall–Kier alpha value is -2.97. The second-order valence-corrected chi connectivity index (χ2v) is 6.90. The molecule has 0 amide bonds. The maximum Gasteiger partial charge on any atom is 0.191 e. The molecule has 1 aliphatic carbocycles. The quantitative estimate of drug-likeness (QED) is 0.822. The Morgan fingerprint density at radius 1 is 0.808 bits per heavy atom. The van der Waals surface area contributed by atoms with Crippen molar-refractivity contribution in [2.45, 2.75) is 11.8 Å². The zero-order valence-electron chi connectivity index (χ0n) is 13.4. The Bertz CT molecular complexity index is 988. The standard InChI is InChI=1S/C20H12Cl2N4/c21-14-5-1-12(2-6-14)17-16(9-23)19(26)20(10-24,11-25)18(17)13-3-7-15(22)8-4-13/h1-8,17-18H,26H2/t17-,18+/m1/s1. The van der Waals surface area contributed by atoms with Crippen molar-refractivity contribution < 1.29 is 0 Å². The third kappa shape index (κ3) is 2.59. The molecule has 0 aromatic heterocycles. The van der Waals surface area contributed by atoms with E-state index in [4.69, 9.17) is 28.9 Å². The zero-order chi connectivity index (χ0) is 18.9. The molecule has 0 aliphatic heterocycles. The predicted octanol–water partition coefficient (Wildman–Crippen LogP) is 4.64. The molecule has 2 aromatic carbocycles. The van der Waals surface area contributed by atoms with Crippen molar-refractivity contribution in [3.8, 4) is 18.2 Å². The normalized spacial score (nSPS) is 20.9. The molecule has 1 aliphatic rings. The second-order valence-electron chi connectivity index (χ2n) is 6.03. The van der Waals surface area contributed by atoms with Gasteiger partial charge in [0.15, 0.2) is 5.41 Å². The summed E-state index contributed by atoms with van der Waals surface area (Å²) in [5.74, 6) is -1.16. The van der Waals surface area contributed by atoms with E-state index in [9.17, 15) is 15.8 Å². The minimum atomic E-state index is -1.64. The van der Waals surface area contributed by atoms with Crippen molar-refractivity contribution in [2.75, 3.05) is 0 Å². The molecular weight excluding hydrogens is 367 g/mol. The fraction of sp³-hybridized carbons (Fsp3) is 0.150. The van der Waals surface area contributed by atoms with Crippen LogP contribution in [0.15, 0.2) is 59.8 Å². The lowest BCUT2D eigenvalue weighted by molar-refractivity contribution is 0.475. The molecule has 2 atom stereocenters. The van der Waals surface area contributed by atoms with Crippen LogP contribution in [0.1, 0.15) is 23.0 Å². The highest BCUT2D eigenvalue weighted by atomic mass is 35.5. The molecule has 26 heavy (non-hydrogen) atoms. The fourth-order valence-corrected chi connectivity index (χ4v) is 3.77. The number of rotatable bonds is 2. The van der Waals surface area contributed by atoms with Crippen LogP contribution in [-0.2, 0) is 0 Å². The first-order valence-corrected chi connectivity index (χ1v) is 8.47. The van der Waals surface area contributed by atoms with E-state index in [1.54, 1.807) is 48.5 Å². The first kappa shape index (κ1) is 17.8. The third-order valence-corrected chi connectivity index (χ3v) is 5.26. The van der Waals surface area contributed by atoms with Gasteiger partial charge in [-0.3, -0.25) is 0 Å². The Morgan fingerprint density at radius 3 is 1.69 bits per heavy atom. The van der Waals surface area contributed by atoms with Gasteiger partial charge in [-0.1, -0.05) is 47.5 Å². The zero-order valence-corrected chi connectivity index (χ0v) is 15.0. The number of allylic oxidation sites excluding steroid dienone is 2. The van der Waals surface area contributed by atoms with E-state index < -0.39 is 17.3 Å². The van der Waals surface area contributed by atoms with E-state index in [1.165, 1.54) is 0 Å². The van der Waals surface area contributed by atoms with E-state index in [0.717, 1.165) is 5.56 Å².